The molecule has 3 nitrogen and oxygen atoms in total. The molecule has 0 saturated carbocycles. The van der Waals surface area contributed by atoms with Crippen molar-refractivity contribution >= 4 is 29.0 Å². The lowest BCUT2D eigenvalue weighted by Gasteiger charge is -2.04. The molecule has 3 rings (SSSR count). The van der Waals surface area contributed by atoms with Crippen LogP contribution in [0, 0.1) is 0 Å². The van der Waals surface area contributed by atoms with Gasteiger partial charge in [-0.3, -0.25) is 4.79 Å². The minimum absolute atomic E-state index is 0.142. The maximum absolute atomic E-state index is 12.3. The highest BCUT2D eigenvalue weighted by molar-refractivity contribution is 6.42. The summed E-state index contributed by atoms with van der Waals surface area (Å²) in [5.41, 5.74) is 0.996. The summed E-state index contributed by atoms with van der Waals surface area (Å²) in [6.07, 6.45) is 0. The minimum atomic E-state index is -0.142. The zero-order chi connectivity index (χ0) is 13.4. The predicted octanol–water partition coefficient (Wildman–Crippen LogP) is 3.95. The average molecular weight is 295 g/mol. The molecule has 0 fully saturated rings. The van der Waals surface area contributed by atoms with Gasteiger partial charge >= 0.3 is 0 Å². The third-order valence-electron chi connectivity index (χ3n) is 2.82. The van der Waals surface area contributed by atoms with Crippen LogP contribution in [-0.2, 0) is 0 Å². The van der Waals surface area contributed by atoms with E-state index in [0.717, 1.165) is 0 Å². The fourth-order valence-electron chi connectivity index (χ4n) is 1.84. The summed E-state index contributed by atoms with van der Waals surface area (Å²) in [7, 11) is 0. The molecule has 0 radical (unpaired) electrons. The molecule has 0 bridgehead atoms. The summed E-state index contributed by atoms with van der Waals surface area (Å²) in [6, 6.07) is 9.86. The first-order chi connectivity index (χ1) is 9.15. The summed E-state index contributed by atoms with van der Waals surface area (Å²) < 4.78 is 10.4. The van der Waals surface area contributed by atoms with Gasteiger partial charge in [0.25, 0.3) is 0 Å². The van der Waals surface area contributed by atoms with Crippen molar-refractivity contribution in [2.45, 2.75) is 0 Å². The Morgan fingerprint density at radius 3 is 2.37 bits per heavy atom. The van der Waals surface area contributed by atoms with Crippen LogP contribution in [0.15, 0.2) is 36.4 Å². The fraction of sp³-hybridized carbons (Fsp3) is 0.0714. The molecule has 5 heteroatoms. The SMILES string of the molecule is O=C(c1ccc(Cl)c(Cl)c1)c1ccc2c(c1)OCO2. The van der Waals surface area contributed by atoms with Gasteiger partial charge in [-0.25, -0.2) is 0 Å². The normalized spacial score (nSPS) is 12.5. The van der Waals surface area contributed by atoms with Crippen molar-refractivity contribution in [2.24, 2.45) is 0 Å². The Kier molecular flexibility index (Phi) is 3.09. The van der Waals surface area contributed by atoms with Crippen molar-refractivity contribution in [2.75, 3.05) is 6.79 Å². The van der Waals surface area contributed by atoms with Gasteiger partial charge in [0.05, 0.1) is 10.0 Å². The number of hydrogen-bond acceptors (Lipinski definition) is 3. The Balaban J connectivity index is 1.97. The molecular weight excluding hydrogens is 287 g/mol. The quantitative estimate of drug-likeness (QED) is 0.787. The molecule has 0 N–H and O–H groups in total. The van der Waals surface area contributed by atoms with E-state index in [-0.39, 0.29) is 12.6 Å². The van der Waals surface area contributed by atoms with Gasteiger partial charge in [-0.15, -0.1) is 0 Å². The number of rotatable bonds is 2. The third-order valence-corrected chi connectivity index (χ3v) is 3.56. The maximum Gasteiger partial charge on any atom is 0.231 e. The number of benzene rings is 2. The first kappa shape index (κ1) is 12.3. The van der Waals surface area contributed by atoms with Crippen molar-refractivity contribution in [1.29, 1.82) is 0 Å². The predicted molar refractivity (Wildman–Crippen MR) is 72.5 cm³/mol. The molecule has 0 unspecified atom stereocenters. The van der Waals surface area contributed by atoms with Crippen molar-refractivity contribution in [3.63, 3.8) is 0 Å². The van der Waals surface area contributed by atoms with E-state index in [1.165, 1.54) is 0 Å². The molecule has 0 saturated heterocycles. The van der Waals surface area contributed by atoms with Crippen LogP contribution < -0.4 is 9.47 Å². The van der Waals surface area contributed by atoms with Gasteiger partial charge in [0, 0.05) is 11.1 Å². The fourth-order valence-corrected chi connectivity index (χ4v) is 2.14. The van der Waals surface area contributed by atoms with Crippen molar-refractivity contribution < 1.29 is 14.3 Å². The third kappa shape index (κ3) is 2.27. The Labute approximate surface area is 119 Å². The first-order valence-corrected chi connectivity index (χ1v) is 6.30. The van der Waals surface area contributed by atoms with Crippen LogP contribution in [0.4, 0.5) is 0 Å². The highest BCUT2D eigenvalue weighted by Crippen LogP contribution is 2.33. The summed E-state index contributed by atoms with van der Waals surface area (Å²) in [6.45, 7) is 0.180. The summed E-state index contributed by atoms with van der Waals surface area (Å²) >= 11 is 11.7. The minimum Gasteiger partial charge on any atom is -0.454 e. The monoisotopic (exact) mass is 294 g/mol. The molecule has 1 aliphatic rings. The van der Waals surface area contributed by atoms with Crippen molar-refractivity contribution in [3.8, 4) is 11.5 Å². The molecule has 0 aliphatic carbocycles. The van der Waals surface area contributed by atoms with Crippen molar-refractivity contribution in [3.05, 3.63) is 57.6 Å². The Hall–Kier alpha value is -1.71. The molecule has 2 aromatic carbocycles. The van der Waals surface area contributed by atoms with Crippen LogP contribution in [0.2, 0.25) is 10.0 Å². The van der Waals surface area contributed by atoms with Crippen LogP contribution in [0.3, 0.4) is 0 Å². The van der Waals surface area contributed by atoms with Gasteiger partial charge in [-0.05, 0) is 36.4 Å². The van der Waals surface area contributed by atoms with Gasteiger partial charge in [-0.2, -0.15) is 0 Å². The smallest absolute Gasteiger partial charge is 0.231 e. The molecule has 0 spiro atoms. The van der Waals surface area contributed by atoms with Gasteiger partial charge in [0.1, 0.15) is 0 Å². The number of hydrogen-bond donors (Lipinski definition) is 0. The number of carbonyl (C=O) groups excluding carboxylic acids is 1. The van der Waals surface area contributed by atoms with E-state index in [4.69, 9.17) is 32.7 Å². The zero-order valence-corrected chi connectivity index (χ0v) is 11.2. The van der Waals surface area contributed by atoms with E-state index < -0.39 is 0 Å². The molecule has 1 heterocycles. The van der Waals surface area contributed by atoms with Gasteiger partial charge in [-0.1, -0.05) is 23.2 Å². The van der Waals surface area contributed by atoms with E-state index >= 15 is 0 Å². The molecule has 0 amide bonds. The van der Waals surface area contributed by atoms with E-state index in [9.17, 15) is 4.79 Å². The van der Waals surface area contributed by atoms with E-state index in [1.54, 1.807) is 36.4 Å². The number of fused-ring (bicyclic) bond motifs is 1. The van der Waals surface area contributed by atoms with Gasteiger partial charge in [0.2, 0.25) is 6.79 Å². The van der Waals surface area contributed by atoms with Gasteiger partial charge in [0.15, 0.2) is 17.3 Å². The molecule has 0 atom stereocenters. The molecule has 2 aromatic rings. The topological polar surface area (TPSA) is 35.5 Å². The maximum atomic E-state index is 12.3. The molecule has 96 valence electrons. The van der Waals surface area contributed by atoms with Crippen LogP contribution >= 0.6 is 23.2 Å². The average Bonchev–Trinajstić information content (AvgIpc) is 2.88. The van der Waals surface area contributed by atoms with Crippen LogP contribution in [0.1, 0.15) is 15.9 Å². The molecule has 1 aliphatic heterocycles. The summed E-state index contributed by atoms with van der Waals surface area (Å²) in [4.78, 5) is 12.3. The first-order valence-electron chi connectivity index (χ1n) is 5.54. The molecule has 0 aromatic heterocycles. The second kappa shape index (κ2) is 4.76. The lowest BCUT2D eigenvalue weighted by molar-refractivity contribution is 0.103. The zero-order valence-electron chi connectivity index (χ0n) is 9.65. The van der Waals surface area contributed by atoms with Crippen molar-refractivity contribution in [1.82, 2.24) is 0 Å². The Morgan fingerprint density at radius 1 is 0.895 bits per heavy atom. The Bertz CT molecular complexity index is 668. The Morgan fingerprint density at radius 2 is 1.58 bits per heavy atom. The van der Waals surface area contributed by atoms with Gasteiger partial charge < -0.3 is 9.47 Å². The lowest BCUT2D eigenvalue weighted by Crippen LogP contribution is -2.01. The highest BCUT2D eigenvalue weighted by atomic mass is 35.5. The van der Waals surface area contributed by atoms with Crippen LogP contribution in [0.25, 0.3) is 0 Å². The second-order valence-electron chi connectivity index (χ2n) is 4.03. The number of ether oxygens (including phenoxy) is 2. The largest absolute Gasteiger partial charge is 0.454 e. The second-order valence-corrected chi connectivity index (χ2v) is 4.84. The van der Waals surface area contributed by atoms with Crippen LogP contribution in [-0.4, -0.2) is 12.6 Å². The van der Waals surface area contributed by atoms with E-state index in [0.29, 0.717) is 32.7 Å². The number of halogens is 2. The summed E-state index contributed by atoms with van der Waals surface area (Å²) in [5, 5.41) is 0.775. The number of ketones is 1. The standard InChI is InChI=1S/C14H8Cl2O3/c15-10-3-1-8(5-11(10)16)14(17)9-2-4-12-13(6-9)19-7-18-12/h1-6H,7H2. The summed E-state index contributed by atoms with van der Waals surface area (Å²) in [5.74, 6) is 1.08. The lowest BCUT2D eigenvalue weighted by atomic mass is 10.0. The van der Waals surface area contributed by atoms with E-state index in [2.05, 4.69) is 0 Å². The highest BCUT2D eigenvalue weighted by Gasteiger charge is 2.17. The number of carbonyl (C=O) groups is 1. The van der Waals surface area contributed by atoms with Crippen LogP contribution in [0.5, 0.6) is 11.5 Å². The van der Waals surface area contributed by atoms with E-state index in [1.807, 2.05) is 0 Å². The molecular formula is C14H8Cl2O3. The molecule has 19 heavy (non-hydrogen) atoms.